The first-order valence-corrected chi connectivity index (χ1v) is 8.45. The number of carbonyl (C=O) groups is 1. The van der Waals surface area contributed by atoms with Gasteiger partial charge in [0.1, 0.15) is 11.9 Å². The second-order valence-electron chi connectivity index (χ2n) is 5.62. The van der Waals surface area contributed by atoms with Gasteiger partial charge in [0.15, 0.2) is 11.5 Å². The van der Waals surface area contributed by atoms with E-state index in [2.05, 4.69) is 52.6 Å². The predicted octanol–water partition coefficient (Wildman–Crippen LogP) is 0.374. The molecule has 30 heavy (non-hydrogen) atoms. The minimum atomic E-state index is -0.515. The minimum absolute atomic E-state index is 0.134. The Morgan fingerprint density at radius 3 is 2.80 bits per heavy atom. The highest BCUT2D eigenvalue weighted by Gasteiger charge is 2.16. The van der Waals surface area contributed by atoms with Crippen molar-refractivity contribution >= 4 is 17.4 Å². The fourth-order valence-corrected chi connectivity index (χ4v) is 2.45. The molecule has 4 heterocycles. The number of amides is 1. The number of rotatable bonds is 4. The minimum Gasteiger partial charge on any atom is -0.480 e. The van der Waals surface area contributed by atoms with Crippen LogP contribution in [0.25, 0.3) is 5.65 Å². The van der Waals surface area contributed by atoms with Crippen LogP contribution in [0.2, 0.25) is 0 Å². The van der Waals surface area contributed by atoms with Crippen molar-refractivity contribution in [3.63, 3.8) is 0 Å². The highest BCUT2D eigenvalue weighted by molar-refractivity contribution is 6.05. The summed E-state index contributed by atoms with van der Waals surface area (Å²) in [7, 11) is 2.84. The van der Waals surface area contributed by atoms with Gasteiger partial charge in [-0.15, -0.1) is 20.4 Å². The number of ether oxygens (including phenoxy) is 2. The van der Waals surface area contributed by atoms with E-state index in [9.17, 15) is 4.79 Å². The summed E-state index contributed by atoms with van der Waals surface area (Å²) in [5, 5.41) is 22.6. The van der Waals surface area contributed by atoms with Gasteiger partial charge >= 0.3 is 0 Å². The molecule has 0 aliphatic rings. The first-order valence-electron chi connectivity index (χ1n) is 8.45. The molecule has 4 aromatic rings. The van der Waals surface area contributed by atoms with E-state index in [0.717, 1.165) is 0 Å². The van der Waals surface area contributed by atoms with E-state index in [0.29, 0.717) is 17.0 Å². The van der Waals surface area contributed by atoms with Crippen molar-refractivity contribution in [3.05, 3.63) is 53.9 Å². The number of nitrogens with one attached hydrogen (secondary N) is 1. The fraction of sp³-hybridized carbons (Fsp3) is 0.111. The van der Waals surface area contributed by atoms with Gasteiger partial charge in [-0.1, -0.05) is 5.92 Å². The third kappa shape index (κ3) is 3.67. The third-order valence-corrected chi connectivity index (χ3v) is 3.80. The molecule has 0 atom stereocenters. The Hall–Kier alpha value is -4.66. The number of methoxy groups -OCH3 is 2. The monoisotopic (exact) mass is 403 g/mol. The van der Waals surface area contributed by atoms with Crippen molar-refractivity contribution in [2.75, 3.05) is 19.5 Å². The molecule has 12 nitrogen and oxygen atoms in total. The maximum absolute atomic E-state index is 12.5. The van der Waals surface area contributed by atoms with Gasteiger partial charge in [-0.3, -0.25) is 4.79 Å². The number of hydrogen-bond acceptors (Lipinski definition) is 10. The van der Waals surface area contributed by atoms with Gasteiger partial charge < -0.3 is 14.8 Å². The lowest BCUT2D eigenvalue weighted by Gasteiger charge is -2.08. The summed E-state index contributed by atoms with van der Waals surface area (Å²) in [4.78, 5) is 20.2. The Labute approximate surface area is 169 Å². The van der Waals surface area contributed by atoms with Gasteiger partial charge in [0.25, 0.3) is 5.91 Å². The van der Waals surface area contributed by atoms with E-state index >= 15 is 0 Å². The fourth-order valence-electron chi connectivity index (χ4n) is 2.45. The lowest BCUT2D eigenvalue weighted by Crippen LogP contribution is -2.16. The van der Waals surface area contributed by atoms with Gasteiger partial charge in [0.2, 0.25) is 17.6 Å². The van der Waals surface area contributed by atoms with Crippen molar-refractivity contribution in [3.8, 4) is 23.6 Å². The normalized spacial score (nSPS) is 10.2. The third-order valence-electron chi connectivity index (χ3n) is 3.80. The maximum Gasteiger partial charge on any atom is 0.263 e. The number of hydrogen-bond donors (Lipinski definition) is 1. The quantitative estimate of drug-likeness (QED) is 0.475. The molecule has 1 amide bonds. The molecule has 0 saturated carbocycles. The molecule has 0 aromatic carbocycles. The first kappa shape index (κ1) is 18.7. The van der Waals surface area contributed by atoms with Crippen molar-refractivity contribution in [2.45, 2.75) is 0 Å². The largest absolute Gasteiger partial charge is 0.480 e. The van der Waals surface area contributed by atoms with Crippen LogP contribution >= 0.6 is 0 Å². The Balaban J connectivity index is 1.64. The van der Waals surface area contributed by atoms with Crippen LogP contribution in [-0.2, 0) is 0 Å². The van der Waals surface area contributed by atoms with Crippen LogP contribution in [-0.4, -0.2) is 60.1 Å². The summed E-state index contributed by atoms with van der Waals surface area (Å²) >= 11 is 0. The van der Waals surface area contributed by atoms with Crippen LogP contribution in [0.5, 0.6) is 11.8 Å². The summed E-state index contributed by atoms with van der Waals surface area (Å²) in [6.07, 6.45) is 4.22. The molecular formula is C18H13N9O3. The average Bonchev–Trinajstić information content (AvgIpc) is 3.21. The van der Waals surface area contributed by atoms with Gasteiger partial charge in [-0.05, 0) is 18.1 Å². The van der Waals surface area contributed by atoms with Crippen LogP contribution in [0.4, 0.5) is 5.82 Å². The van der Waals surface area contributed by atoms with Crippen LogP contribution in [0.1, 0.15) is 21.7 Å². The molecule has 0 aliphatic heterocycles. The van der Waals surface area contributed by atoms with E-state index in [4.69, 9.17) is 9.47 Å². The Morgan fingerprint density at radius 1 is 1.10 bits per heavy atom. The lowest BCUT2D eigenvalue weighted by molar-refractivity contribution is 0.102. The molecule has 1 N–H and O–H groups in total. The van der Waals surface area contributed by atoms with Crippen molar-refractivity contribution < 1.29 is 14.3 Å². The first-order chi connectivity index (χ1) is 14.7. The molecule has 0 bridgehead atoms. The Morgan fingerprint density at radius 2 is 1.97 bits per heavy atom. The maximum atomic E-state index is 12.5. The van der Waals surface area contributed by atoms with Crippen LogP contribution in [0.3, 0.4) is 0 Å². The zero-order valence-corrected chi connectivity index (χ0v) is 15.8. The molecule has 0 unspecified atom stereocenters. The molecule has 12 heteroatoms. The van der Waals surface area contributed by atoms with Crippen LogP contribution < -0.4 is 14.8 Å². The summed E-state index contributed by atoms with van der Waals surface area (Å²) in [5.41, 5.74) is 1.09. The van der Waals surface area contributed by atoms with E-state index < -0.39 is 5.91 Å². The van der Waals surface area contributed by atoms with Gasteiger partial charge in [0.05, 0.1) is 19.8 Å². The predicted molar refractivity (Wildman–Crippen MR) is 102 cm³/mol. The highest BCUT2D eigenvalue weighted by Crippen LogP contribution is 2.18. The molecule has 148 valence electrons. The summed E-state index contributed by atoms with van der Waals surface area (Å²) in [6.45, 7) is 0. The molecule has 0 saturated heterocycles. The lowest BCUT2D eigenvalue weighted by atomic mass is 10.2. The summed E-state index contributed by atoms with van der Waals surface area (Å²) in [6, 6.07) is 5.03. The van der Waals surface area contributed by atoms with Gasteiger partial charge in [0, 0.05) is 18.5 Å². The second-order valence-corrected chi connectivity index (χ2v) is 5.62. The highest BCUT2D eigenvalue weighted by atomic mass is 16.5. The molecule has 4 rings (SSSR count). The van der Waals surface area contributed by atoms with Gasteiger partial charge in [-0.25, -0.2) is 9.97 Å². The molecule has 0 radical (unpaired) electrons. The number of fused-ring (bicyclic) bond motifs is 1. The van der Waals surface area contributed by atoms with Crippen molar-refractivity contribution in [1.29, 1.82) is 0 Å². The smallest absolute Gasteiger partial charge is 0.263 e. The van der Waals surface area contributed by atoms with E-state index in [1.54, 1.807) is 18.3 Å². The van der Waals surface area contributed by atoms with Crippen LogP contribution in [0, 0.1) is 11.8 Å². The molecular weight excluding hydrogens is 390 g/mol. The topological polar surface area (TPSA) is 142 Å². The zero-order valence-electron chi connectivity index (χ0n) is 15.8. The van der Waals surface area contributed by atoms with Crippen LogP contribution in [0.15, 0.2) is 36.9 Å². The standard InChI is InChI=1S/C18H13N9O3/c1-29-17-11(5-6-15-25-24-14-4-3-7-21-27(14)15)8-13(23-26-17)22-16(28)12-9-19-10-20-18(12)30-2/h3-4,7-10H,1-2H3,(H,22,23,28). The Bertz CT molecular complexity index is 1290. The Kier molecular flexibility index (Phi) is 5.08. The van der Waals surface area contributed by atoms with E-state index in [1.165, 1.54) is 37.3 Å². The summed E-state index contributed by atoms with van der Waals surface area (Å²) in [5.74, 6) is 6.05. The average molecular weight is 403 g/mol. The van der Waals surface area contributed by atoms with E-state index in [-0.39, 0.29) is 23.1 Å². The molecule has 0 spiro atoms. The van der Waals surface area contributed by atoms with Gasteiger partial charge in [-0.2, -0.15) is 9.61 Å². The summed E-state index contributed by atoms with van der Waals surface area (Å²) < 4.78 is 11.8. The molecule has 0 fully saturated rings. The van der Waals surface area contributed by atoms with Crippen molar-refractivity contribution in [1.82, 2.24) is 40.0 Å². The molecule has 0 aliphatic carbocycles. The van der Waals surface area contributed by atoms with Crippen molar-refractivity contribution in [2.24, 2.45) is 0 Å². The second kappa shape index (κ2) is 8.15. The zero-order chi connectivity index (χ0) is 20.9. The molecule has 4 aromatic heterocycles. The number of nitrogens with zero attached hydrogens (tertiary/aromatic N) is 8. The number of anilines is 1. The number of aromatic nitrogens is 8. The van der Waals surface area contributed by atoms with E-state index in [1.807, 2.05) is 0 Å². The number of carbonyl (C=O) groups excluding carboxylic acids is 1. The SMILES string of the molecule is COc1nnc(NC(=O)c2cncnc2OC)cc1C#Cc1nnc2cccnn12.